The third-order valence-corrected chi connectivity index (χ3v) is 9.52. The van der Waals surface area contributed by atoms with Crippen molar-refractivity contribution >= 4 is 19.9 Å². The fourth-order valence-corrected chi connectivity index (χ4v) is 7.88. The van der Waals surface area contributed by atoms with Crippen LogP contribution in [0.5, 0.6) is 0 Å². The maximum atomic E-state index is 13.0. The lowest BCUT2D eigenvalue weighted by Crippen LogP contribution is -2.49. The van der Waals surface area contributed by atoms with Crippen LogP contribution in [-0.2, 0) is 19.9 Å². The first-order valence-corrected chi connectivity index (χ1v) is 11.6. The predicted octanol–water partition coefficient (Wildman–Crippen LogP) is 2.24. The molecule has 0 N–H and O–H groups in total. The molecule has 8 heteroatoms. The quantitative estimate of drug-likeness (QED) is 0.797. The van der Waals surface area contributed by atoms with E-state index < -0.39 is 25.1 Å². The minimum atomic E-state index is -3.66. The number of rotatable bonds is 4. The topological polar surface area (TPSA) is 84.4 Å². The van der Waals surface area contributed by atoms with E-state index in [9.17, 15) is 16.8 Å². The molecule has 2 aromatic rings. The Morgan fingerprint density at radius 3 is 2.04 bits per heavy atom. The minimum Gasteiger partial charge on any atom is -0.263 e. The van der Waals surface area contributed by atoms with E-state index in [0.717, 1.165) is 0 Å². The van der Waals surface area contributed by atoms with Crippen LogP contribution >= 0.6 is 0 Å². The SMILES string of the molecule is O=S(=O)(c1ccccc1)C1C[C@H]2CC[C@H](C1)N2S(=O)(=O)c1cccnc1. The first-order valence-electron chi connectivity index (χ1n) is 8.63. The Hall–Kier alpha value is -1.77. The maximum absolute atomic E-state index is 13.0. The smallest absolute Gasteiger partial charge is 0.245 e. The predicted molar refractivity (Wildman–Crippen MR) is 96.7 cm³/mol. The highest BCUT2D eigenvalue weighted by Crippen LogP contribution is 2.42. The Balaban J connectivity index is 1.63. The highest BCUT2D eigenvalue weighted by Gasteiger charge is 2.50. The van der Waals surface area contributed by atoms with Crippen molar-refractivity contribution in [1.82, 2.24) is 9.29 Å². The molecule has 2 saturated heterocycles. The van der Waals surface area contributed by atoms with Crippen LogP contribution in [-0.4, -0.2) is 43.5 Å². The van der Waals surface area contributed by atoms with Crippen molar-refractivity contribution in [3.63, 3.8) is 0 Å². The number of nitrogens with zero attached hydrogens (tertiary/aromatic N) is 2. The molecule has 2 atom stereocenters. The monoisotopic (exact) mass is 392 g/mol. The zero-order valence-corrected chi connectivity index (χ0v) is 15.7. The van der Waals surface area contributed by atoms with Gasteiger partial charge >= 0.3 is 0 Å². The van der Waals surface area contributed by atoms with Crippen LogP contribution in [0.2, 0.25) is 0 Å². The zero-order valence-electron chi connectivity index (χ0n) is 14.1. The molecule has 2 fully saturated rings. The van der Waals surface area contributed by atoms with Gasteiger partial charge in [0, 0.05) is 24.5 Å². The summed E-state index contributed by atoms with van der Waals surface area (Å²) in [7, 11) is -7.11. The van der Waals surface area contributed by atoms with E-state index >= 15 is 0 Å². The Bertz CT molecular complexity index is 978. The highest BCUT2D eigenvalue weighted by molar-refractivity contribution is 7.92. The molecule has 4 rings (SSSR count). The molecular formula is C18H20N2O4S2. The lowest BCUT2D eigenvalue weighted by atomic mass is 10.1. The number of hydrogen-bond donors (Lipinski definition) is 0. The number of benzene rings is 1. The van der Waals surface area contributed by atoms with Gasteiger partial charge in [0.2, 0.25) is 10.0 Å². The molecule has 0 amide bonds. The van der Waals surface area contributed by atoms with Gasteiger partial charge in [0.1, 0.15) is 4.90 Å². The second kappa shape index (κ2) is 6.44. The molecule has 2 bridgehead atoms. The third-order valence-electron chi connectivity index (χ3n) is 5.34. The van der Waals surface area contributed by atoms with Crippen LogP contribution in [0.3, 0.4) is 0 Å². The van der Waals surface area contributed by atoms with Crippen LogP contribution in [0.25, 0.3) is 0 Å². The molecule has 1 aromatic heterocycles. The molecule has 26 heavy (non-hydrogen) atoms. The number of sulfone groups is 1. The molecule has 2 aliphatic heterocycles. The van der Waals surface area contributed by atoms with Crippen LogP contribution in [0, 0.1) is 0 Å². The fraction of sp³-hybridized carbons (Fsp3) is 0.389. The van der Waals surface area contributed by atoms with Gasteiger partial charge in [-0.05, 0) is 49.9 Å². The Morgan fingerprint density at radius 2 is 1.46 bits per heavy atom. The van der Waals surface area contributed by atoms with Gasteiger partial charge in [-0.15, -0.1) is 0 Å². The van der Waals surface area contributed by atoms with Crippen molar-refractivity contribution in [3.05, 3.63) is 54.9 Å². The van der Waals surface area contributed by atoms with Crippen LogP contribution in [0.15, 0.2) is 64.6 Å². The molecule has 0 aliphatic carbocycles. The highest BCUT2D eigenvalue weighted by atomic mass is 32.2. The largest absolute Gasteiger partial charge is 0.263 e. The molecule has 0 spiro atoms. The Kier molecular flexibility index (Phi) is 4.37. The number of hydrogen-bond acceptors (Lipinski definition) is 5. The number of pyridine rings is 1. The minimum absolute atomic E-state index is 0.168. The van der Waals surface area contributed by atoms with E-state index in [1.165, 1.54) is 22.8 Å². The molecular weight excluding hydrogens is 372 g/mol. The summed E-state index contributed by atoms with van der Waals surface area (Å²) in [5, 5.41) is -0.539. The average molecular weight is 393 g/mol. The van der Waals surface area contributed by atoms with Gasteiger partial charge in [-0.2, -0.15) is 4.31 Å². The van der Waals surface area contributed by atoms with Crippen molar-refractivity contribution in [2.24, 2.45) is 0 Å². The summed E-state index contributed by atoms with van der Waals surface area (Å²) in [4.78, 5) is 4.39. The first-order chi connectivity index (χ1) is 12.4. The van der Waals surface area contributed by atoms with E-state index in [1.54, 1.807) is 36.4 Å². The second-order valence-electron chi connectivity index (χ2n) is 6.86. The zero-order chi connectivity index (χ0) is 18.4. The molecule has 0 unspecified atom stereocenters. The van der Waals surface area contributed by atoms with Crippen molar-refractivity contribution in [3.8, 4) is 0 Å². The van der Waals surface area contributed by atoms with E-state index in [1.807, 2.05) is 0 Å². The van der Waals surface area contributed by atoms with Gasteiger partial charge in [-0.1, -0.05) is 18.2 Å². The van der Waals surface area contributed by atoms with Gasteiger partial charge in [-0.25, -0.2) is 16.8 Å². The van der Waals surface area contributed by atoms with Crippen molar-refractivity contribution in [2.75, 3.05) is 0 Å². The van der Waals surface area contributed by atoms with Gasteiger partial charge < -0.3 is 0 Å². The van der Waals surface area contributed by atoms with E-state index in [4.69, 9.17) is 0 Å². The second-order valence-corrected chi connectivity index (χ2v) is 10.9. The van der Waals surface area contributed by atoms with Crippen molar-refractivity contribution < 1.29 is 16.8 Å². The normalized spacial score (nSPS) is 26.7. The fourth-order valence-electron chi connectivity index (χ4n) is 4.15. The van der Waals surface area contributed by atoms with Gasteiger partial charge in [0.15, 0.2) is 9.84 Å². The summed E-state index contributed by atoms with van der Waals surface area (Å²) in [6.07, 6.45) is 4.96. The van der Waals surface area contributed by atoms with E-state index in [2.05, 4.69) is 4.98 Å². The molecule has 3 heterocycles. The van der Waals surface area contributed by atoms with Crippen LogP contribution < -0.4 is 0 Å². The summed E-state index contributed by atoms with van der Waals surface area (Å²) in [6, 6.07) is 11.0. The standard InChI is InChI=1S/C18H20N2O4S2/c21-25(22,16-5-2-1-3-6-16)18-11-14-8-9-15(12-18)20(14)26(23,24)17-7-4-10-19-13-17/h1-7,10,13-15,18H,8-9,11-12H2/t14-,15-/m1/s1. The number of fused-ring (bicyclic) bond motifs is 2. The van der Waals surface area contributed by atoms with Crippen molar-refractivity contribution in [2.45, 2.75) is 52.8 Å². The molecule has 6 nitrogen and oxygen atoms in total. The summed E-state index contributed by atoms with van der Waals surface area (Å²) in [5.74, 6) is 0. The molecule has 0 saturated carbocycles. The molecule has 138 valence electrons. The lowest BCUT2D eigenvalue weighted by Gasteiger charge is -2.37. The van der Waals surface area contributed by atoms with E-state index in [-0.39, 0.29) is 17.0 Å². The molecule has 2 aliphatic rings. The number of aromatic nitrogens is 1. The Morgan fingerprint density at radius 1 is 0.846 bits per heavy atom. The summed E-state index contributed by atoms with van der Waals surface area (Å²) in [6.45, 7) is 0. The van der Waals surface area contributed by atoms with Gasteiger partial charge in [0.05, 0.1) is 10.1 Å². The van der Waals surface area contributed by atoms with Gasteiger partial charge in [0.25, 0.3) is 0 Å². The van der Waals surface area contributed by atoms with Crippen molar-refractivity contribution in [1.29, 1.82) is 0 Å². The molecule has 1 aromatic carbocycles. The van der Waals surface area contributed by atoms with Gasteiger partial charge in [-0.3, -0.25) is 4.98 Å². The van der Waals surface area contributed by atoms with Crippen LogP contribution in [0.4, 0.5) is 0 Å². The lowest BCUT2D eigenvalue weighted by molar-refractivity contribution is 0.249. The summed E-state index contributed by atoms with van der Waals surface area (Å²) < 4.78 is 53.5. The third kappa shape index (κ3) is 2.86. The molecule has 0 radical (unpaired) electrons. The van der Waals surface area contributed by atoms with E-state index in [0.29, 0.717) is 30.6 Å². The summed E-state index contributed by atoms with van der Waals surface area (Å²) in [5.41, 5.74) is 0. The first kappa shape index (κ1) is 17.6. The Labute approximate surface area is 153 Å². The average Bonchev–Trinajstić information content (AvgIpc) is 2.94. The number of piperidine rings is 1. The number of sulfonamides is 1. The summed E-state index contributed by atoms with van der Waals surface area (Å²) >= 11 is 0. The maximum Gasteiger partial charge on any atom is 0.245 e. The van der Waals surface area contributed by atoms with Crippen LogP contribution in [0.1, 0.15) is 25.7 Å².